The highest BCUT2D eigenvalue weighted by Gasteiger charge is 2.26. The highest BCUT2D eigenvalue weighted by molar-refractivity contribution is 5.26. The van der Waals surface area contributed by atoms with Crippen LogP contribution in [0, 0.1) is 11.8 Å². The first-order chi connectivity index (χ1) is 9.10. The molecule has 1 fully saturated rings. The van der Waals surface area contributed by atoms with Gasteiger partial charge >= 0.3 is 0 Å². The monoisotopic (exact) mass is 260 g/mol. The van der Waals surface area contributed by atoms with Crippen molar-refractivity contribution in [2.24, 2.45) is 17.6 Å². The SMILES string of the molecule is CC1CC(C)CC(N(C)Cc2ccccc2CN)C1. The Morgan fingerprint density at radius 2 is 1.63 bits per heavy atom. The third-order valence-electron chi connectivity index (χ3n) is 4.54. The Morgan fingerprint density at radius 3 is 2.21 bits per heavy atom. The molecule has 0 saturated heterocycles. The normalized spacial score (nSPS) is 27.7. The van der Waals surface area contributed by atoms with Crippen LogP contribution in [0.3, 0.4) is 0 Å². The van der Waals surface area contributed by atoms with Gasteiger partial charge in [0, 0.05) is 19.1 Å². The first kappa shape index (κ1) is 14.5. The molecule has 2 atom stereocenters. The number of rotatable bonds is 4. The van der Waals surface area contributed by atoms with Gasteiger partial charge in [0.2, 0.25) is 0 Å². The molecular formula is C17H28N2. The average molecular weight is 260 g/mol. The fraction of sp³-hybridized carbons (Fsp3) is 0.647. The van der Waals surface area contributed by atoms with Crippen molar-refractivity contribution in [2.45, 2.75) is 52.2 Å². The zero-order valence-electron chi connectivity index (χ0n) is 12.6. The highest BCUT2D eigenvalue weighted by Crippen LogP contribution is 2.31. The zero-order chi connectivity index (χ0) is 13.8. The van der Waals surface area contributed by atoms with Crippen molar-refractivity contribution in [3.63, 3.8) is 0 Å². The molecule has 1 aliphatic carbocycles. The molecule has 0 spiro atoms. The molecule has 1 aliphatic rings. The van der Waals surface area contributed by atoms with E-state index in [9.17, 15) is 0 Å². The van der Waals surface area contributed by atoms with Gasteiger partial charge in [-0.1, -0.05) is 38.1 Å². The summed E-state index contributed by atoms with van der Waals surface area (Å²) in [6.45, 7) is 6.45. The van der Waals surface area contributed by atoms with E-state index < -0.39 is 0 Å². The van der Waals surface area contributed by atoms with Gasteiger partial charge in [0.25, 0.3) is 0 Å². The summed E-state index contributed by atoms with van der Waals surface area (Å²) in [5.41, 5.74) is 8.50. The van der Waals surface area contributed by atoms with E-state index in [-0.39, 0.29) is 0 Å². The van der Waals surface area contributed by atoms with Gasteiger partial charge in [0.05, 0.1) is 0 Å². The molecule has 106 valence electrons. The van der Waals surface area contributed by atoms with Gasteiger partial charge in [0.1, 0.15) is 0 Å². The van der Waals surface area contributed by atoms with Gasteiger partial charge in [-0.15, -0.1) is 0 Å². The number of hydrogen-bond donors (Lipinski definition) is 1. The van der Waals surface area contributed by atoms with Crippen molar-refractivity contribution in [1.29, 1.82) is 0 Å². The second-order valence-corrected chi connectivity index (χ2v) is 6.46. The molecule has 0 bridgehead atoms. The van der Waals surface area contributed by atoms with Crippen molar-refractivity contribution in [3.8, 4) is 0 Å². The first-order valence-electron chi connectivity index (χ1n) is 7.57. The Morgan fingerprint density at radius 1 is 1.05 bits per heavy atom. The minimum absolute atomic E-state index is 0.640. The summed E-state index contributed by atoms with van der Waals surface area (Å²) in [4.78, 5) is 2.53. The standard InChI is InChI=1S/C17H28N2/c1-13-8-14(2)10-17(9-13)19(3)12-16-7-5-4-6-15(16)11-18/h4-7,13-14,17H,8-12,18H2,1-3H3. The topological polar surface area (TPSA) is 29.3 Å². The van der Waals surface area contributed by atoms with Gasteiger partial charge in [-0.05, 0) is 49.3 Å². The predicted octanol–water partition coefficient (Wildman–Crippen LogP) is 3.40. The Labute approximate surface area is 118 Å². The minimum atomic E-state index is 0.640. The van der Waals surface area contributed by atoms with Gasteiger partial charge in [-0.3, -0.25) is 4.90 Å². The van der Waals surface area contributed by atoms with Crippen molar-refractivity contribution in [1.82, 2.24) is 4.90 Å². The summed E-state index contributed by atoms with van der Waals surface area (Å²) >= 11 is 0. The van der Waals surface area contributed by atoms with E-state index >= 15 is 0 Å². The summed E-state index contributed by atoms with van der Waals surface area (Å²) in [5.74, 6) is 1.72. The Balaban J connectivity index is 2.02. The van der Waals surface area contributed by atoms with E-state index in [0.29, 0.717) is 6.54 Å². The first-order valence-corrected chi connectivity index (χ1v) is 7.57. The number of benzene rings is 1. The third-order valence-corrected chi connectivity index (χ3v) is 4.54. The fourth-order valence-corrected chi connectivity index (χ4v) is 3.57. The van der Waals surface area contributed by atoms with Crippen molar-refractivity contribution in [3.05, 3.63) is 35.4 Å². The molecular weight excluding hydrogens is 232 g/mol. The maximum absolute atomic E-state index is 5.83. The minimum Gasteiger partial charge on any atom is -0.326 e. The van der Waals surface area contributed by atoms with Gasteiger partial charge in [-0.2, -0.15) is 0 Å². The van der Waals surface area contributed by atoms with E-state index in [4.69, 9.17) is 5.73 Å². The third kappa shape index (κ3) is 3.80. The lowest BCUT2D eigenvalue weighted by molar-refractivity contribution is 0.128. The van der Waals surface area contributed by atoms with Crippen LogP contribution in [-0.4, -0.2) is 18.0 Å². The predicted molar refractivity (Wildman–Crippen MR) is 81.8 cm³/mol. The molecule has 0 radical (unpaired) electrons. The summed E-state index contributed by atoms with van der Waals surface area (Å²) in [5, 5.41) is 0. The lowest BCUT2D eigenvalue weighted by Crippen LogP contribution is -2.37. The zero-order valence-corrected chi connectivity index (χ0v) is 12.6. The van der Waals surface area contributed by atoms with Gasteiger partial charge in [0.15, 0.2) is 0 Å². The van der Waals surface area contributed by atoms with Crippen LogP contribution >= 0.6 is 0 Å². The lowest BCUT2D eigenvalue weighted by atomic mass is 9.80. The maximum atomic E-state index is 5.83. The van der Waals surface area contributed by atoms with Gasteiger partial charge in [-0.25, -0.2) is 0 Å². The Hall–Kier alpha value is -0.860. The number of nitrogens with zero attached hydrogens (tertiary/aromatic N) is 1. The summed E-state index contributed by atoms with van der Waals surface area (Å²) < 4.78 is 0. The van der Waals surface area contributed by atoms with Crippen LogP contribution in [0.15, 0.2) is 24.3 Å². The number of hydrogen-bond acceptors (Lipinski definition) is 2. The quantitative estimate of drug-likeness (QED) is 0.899. The summed E-state index contributed by atoms with van der Waals surface area (Å²) in [6.07, 6.45) is 4.07. The van der Waals surface area contributed by atoms with E-state index in [1.807, 2.05) is 0 Å². The van der Waals surface area contributed by atoms with Gasteiger partial charge < -0.3 is 5.73 Å². The van der Waals surface area contributed by atoms with Crippen LogP contribution in [0.1, 0.15) is 44.2 Å². The molecule has 0 heterocycles. The molecule has 1 saturated carbocycles. The van der Waals surface area contributed by atoms with Crippen LogP contribution < -0.4 is 5.73 Å². The molecule has 0 aromatic heterocycles. The molecule has 1 aromatic carbocycles. The van der Waals surface area contributed by atoms with E-state index in [1.165, 1.54) is 30.4 Å². The second-order valence-electron chi connectivity index (χ2n) is 6.46. The summed E-state index contributed by atoms with van der Waals surface area (Å²) in [6, 6.07) is 9.29. The molecule has 19 heavy (non-hydrogen) atoms. The van der Waals surface area contributed by atoms with Crippen molar-refractivity contribution in [2.75, 3.05) is 7.05 Å². The molecule has 0 aliphatic heterocycles. The Bertz CT molecular complexity index is 392. The molecule has 2 heteroatoms. The Kier molecular flexibility index (Phi) is 5.00. The van der Waals surface area contributed by atoms with E-state index in [0.717, 1.165) is 24.4 Å². The molecule has 2 nitrogen and oxygen atoms in total. The van der Waals surface area contributed by atoms with Crippen molar-refractivity contribution < 1.29 is 0 Å². The average Bonchev–Trinajstić information content (AvgIpc) is 2.38. The van der Waals surface area contributed by atoms with E-state index in [2.05, 4.69) is 50.1 Å². The molecule has 2 unspecified atom stereocenters. The second kappa shape index (κ2) is 6.53. The van der Waals surface area contributed by atoms with Crippen molar-refractivity contribution >= 4 is 0 Å². The highest BCUT2D eigenvalue weighted by atomic mass is 15.1. The molecule has 2 N–H and O–H groups in total. The van der Waals surface area contributed by atoms with Crippen LogP contribution in [0.25, 0.3) is 0 Å². The van der Waals surface area contributed by atoms with Crippen LogP contribution in [-0.2, 0) is 13.1 Å². The van der Waals surface area contributed by atoms with Crippen LogP contribution in [0.2, 0.25) is 0 Å². The maximum Gasteiger partial charge on any atom is 0.0236 e. The molecule has 0 amide bonds. The van der Waals surface area contributed by atoms with E-state index in [1.54, 1.807) is 0 Å². The molecule has 1 aromatic rings. The number of nitrogens with two attached hydrogens (primary N) is 1. The summed E-state index contributed by atoms with van der Waals surface area (Å²) in [7, 11) is 2.27. The lowest BCUT2D eigenvalue weighted by Gasteiger charge is -2.37. The van der Waals surface area contributed by atoms with Crippen LogP contribution in [0.4, 0.5) is 0 Å². The van der Waals surface area contributed by atoms with Crippen LogP contribution in [0.5, 0.6) is 0 Å². The molecule has 2 rings (SSSR count). The largest absolute Gasteiger partial charge is 0.326 e. The fourth-order valence-electron chi connectivity index (χ4n) is 3.57. The smallest absolute Gasteiger partial charge is 0.0236 e.